The van der Waals surface area contributed by atoms with Gasteiger partial charge in [-0.3, -0.25) is 4.79 Å². The molecule has 7 heteroatoms. The Hall–Kier alpha value is -2.93. The molecular formula is C20H21N3O3S. The Bertz CT molecular complexity index is 1030. The van der Waals surface area contributed by atoms with Gasteiger partial charge >= 0.3 is 0 Å². The van der Waals surface area contributed by atoms with E-state index in [1.165, 1.54) is 12.1 Å². The fourth-order valence-corrected chi connectivity index (χ4v) is 3.48. The van der Waals surface area contributed by atoms with Crippen molar-refractivity contribution >= 4 is 15.7 Å². The number of imidazole rings is 1. The quantitative estimate of drug-likeness (QED) is 0.708. The summed E-state index contributed by atoms with van der Waals surface area (Å²) in [7, 11) is -1.37. The summed E-state index contributed by atoms with van der Waals surface area (Å²) < 4.78 is 25.0. The van der Waals surface area contributed by atoms with Crippen molar-refractivity contribution in [2.24, 2.45) is 7.05 Å². The molecule has 1 aromatic heterocycles. The molecule has 27 heavy (non-hydrogen) atoms. The number of carbonyl (C=O) groups excluding carboxylic acids is 1. The van der Waals surface area contributed by atoms with Crippen LogP contribution in [-0.2, 0) is 28.1 Å². The Morgan fingerprint density at radius 1 is 1.11 bits per heavy atom. The number of rotatable bonds is 6. The lowest BCUT2D eigenvalue weighted by atomic mass is 10.1. The van der Waals surface area contributed by atoms with Crippen molar-refractivity contribution in [3.8, 4) is 0 Å². The fourth-order valence-electron chi connectivity index (χ4n) is 2.85. The molecule has 0 saturated heterocycles. The smallest absolute Gasteiger partial charge is 0.225 e. The van der Waals surface area contributed by atoms with Gasteiger partial charge in [0.1, 0.15) is 11.9 Å². The first-order valence-electron chi connectivity index (χ1n) is 8.45. The van der Waals surface area contributed by atoms with E-state index in [0.717, 1.165) is 23.2 Å². The minimum atomic E-state index is -3.25. The zero-order valence-electron chi connectivity index (χ0n) is 15.2. The number of nitrogens with zero attached hydrogens (tertiary/aromatic N) is 2. The maximum Gasteiger partial charge on any atom is 0.225 e. The highest BCUT2D eigenvalue weighted by molar-refractivity contribution is 7.90. The molecule has 3 aromatic rings. The molecule has 0 bridgehead atoms. The molecule has 0 saturated carbocycles. The van der Waals surface area contributed by atoms with E-state index in [2.05, 4.69) is 10.3 Å². The number of amides is 1. The van der Waals surface area contributed by atoms with Gasteiger partial charge in [-0.2, -0.15) is 0 Å². The first kappa shape index (κ1) is 18.8. The Labute approximate surface area is 158 Å². The Balaban J connectivity index is 1.78. The monoisotopic (exact) mass is 383 g/mol. The largest absolute Gasteiger partial charge is 0.342 e. The molecule has 0 aliphatic heterocycles. The van der Waals surface area contributed by atoms with Crippen LogP contribution < -0.4 is 5.32 Å². The number of aryl methyl sites for hydroxylation is 1. The van der Waals surface area contributed by atoms with Crippen molar-refractivity contribution in [2.75, 3.05) is 6.26 Å². The van der Waals surface area contributed by atoms with Gasteiger partial charge in [-0.25, -0.2) is 13.4 Å². The van der Waals surface area contributed by atoms with E-state index in [1.54, 1.807) is 18.3 Å². The highest BCUT2D eigenvalue weighted by atomic mass is 32.2. The zero-order valence-corrected chi connectivity index (χ0v) is 16.0. The van der Waals surface area contributed by atoms with Crippen molar-refractivity contribution in [3.05, 3.63) is 83.9 Å². The Morgan fingerprint density at radius 2 is 1.78 bits per heavy atom. The van der Waals surface area contributed by atoms with E-state index < -0.39 is 9.84 Å². The van der Waals surface area contributed by atoms with E-state index in [1.807, 2.05) is 48.1 Å². The molecule has 3 rings (SSSR count). The Kier molecular flexibility index (Phi) is 5.41. The summed E-state index contributed by atoms with van der Waals surface area (Å²) in [6.07, 6.45) is 4.84. The number of carbonyl (C=O) groups is 1. The van der Waals surface area contributed by atoms with Crippen molar-refractivity contribution in [1.29, 1.82) is 0 Å². The van der Waals surface area contributed by atoms with E-state index in [9.17, 15) is 13.2 Å². The van der Waals surface area contributed by atoms with Crippen molar-refractivity contribution in [2.45, 2.75) is 17.4 Å². The number of hydrogen-bond donors (Lipinski definition) is 1. The van der Waals surface area contributed by atoms with Crippen LogP contribution in [-0.4, -0.2) is 30.1 Å². The van der Waals surface area contributed by atoms with E-state index in [0.29, 0.717) is 0 Å². The summed E-state index contributed by atoms with van der Waals surface area (Å²) >= 11 is 0. The van der Waals surface area contributed by atoms with Crippen LogP contribution in [0.15, 0.2) is 71.9 Å². The molecule has 0 aliphatic rings. The summed E-state index contributed by atoms with van der Waals surface area (Å²) in [6, 6.07) is 15.6. The van der Waals surface area contributed by atoms with Gasteiger partial charge in [-0.1, -0.05) is 42.5 Å². The maximum absolute atomic E-state index is 12.6. The SMILES string of the molecule is Cn1ccnc1[C@H](NC(=O)Cc1ccc(S(C)(=O)=O)cc1)c1ccccc1. The fraction of sp³-hybridized carbons (Fsp3) is 0.200. The Morgan fingerprint density at radius 3 is 2.33 bits per heavy atom. The lowest BCUT2D eigenvalue weighted by molar-refractivity contribution is -0.121. The predicted octanol–water partition coefficient (Wildman–Crippen LogP) is 2.27. The molecule has 0 fully saturated rings. The van der Waals surface area contributed by atoms with Crippen molar-refractivity contribution in [3.63, 3.8) is 0 Å². The minimum absolute atomic E-state index is 0.151. The van der Waals surface area contributed by atoms with Crippen LogP contribution in [0.25, 0.3) is 0 Å². The molecule has 0 spiro atoms. The van der Waals surface area contributed by atoms with Gasteiger partial charge in [-0.15, -0.1) is 0 Å². The summed E-state index contributed by atoms with van der Waals surface area (Å²) in [4.78, 5) is 17.2. The molecule has 0 aliphatic carbocycles. The number of nitrogens with one attached hydrogen (secondary N) is 1. The summed E-state index contributed by atoms with van der Waals surface area (Å²) in [5.41, 5.74) is 1.68. The zero-order chi connectivity index (χ0) is 19.4. The van der Waals surface area contributed by atoms with Crippen LogP contribution in [0, 0.1) is 0 Å². The molecule has 1 heterocycles. The summed E-state index contributed by atoms with van der Waals surface area (Å²) in [6.45, 7) is 0. The van der Waals surface area contributed by atoms with Crippen LogP contribution in [0.3, 0.4) is 0 Å². The molecule has 0 radical (unpaired) electrons. The van der Waals surface area contributed by atoms with Gasteiger partial charge in [-0.05, 0) is 23.3 Å². The van der Waals surface area contributed by atoms with Crippen LogP contribution in [0.4, 0.5) is 0 Å². The normalized spacial score (nSPS) is 12.5. The molecule has 1 atom stereocenters. The van der Waals surface area contributed by atoms with Crippen molar-refractivity contribution in [1.82, 2.24) is 14.9 Å². The molecule has 1 N–H and O–H groups in total. The minimum Gasteiger partial charge on any atom is -0.342 e. The number of sulfone groups is 1. The highest BCUT2D eigenvalue weighted by Crippen LogP contribution is 2.20. The summed E-state index contributed by atoms with van der Waals surface area (Å²) in [5.74, 6) is 0.570. The van der Waals surface area contributed by atoms with Crippen LogP contribution in [0.2, 0.25) is 0 Å². The molecular weight excluding hydrogens is 362 g/mol. The van der Waals surface area contributed by atoms with E-state index >= 15 is 0 Å². The molecule has 6 nitrogen and oxygen atoms in total. The standard InChI is InChI=1S/C20H21N3O3S/c1-23-13-12-21-20(23)19(16-6-4-3-5-7-16)22-18(24)14-15-8-10-17(11-9-15)27(2,25)26/h3-13,19H,14H2,1-2H3,(H,22,24)/t19-/m1/s1. The number of hydrogen-bond acceptors (Lipinski definition) is 4. The average molecular weight is 383 g/mol. The maximum atomic E-state index is 12.6. The van der Waals surface area contributed by atoms with Gasteiger partial charge in [0.05, 0.1) is 11.3 Å². The van der Waals surface area contributed by atoms with E-state index in [-0.39, 0.29) is 23.3 Å². The molecule has 1 amide bonds. The second-order valence-electron chi connectivity index (χ2n) is 6.40. The van der Waals surface area contributed by atoms with Gasteiger partial charge in [0.25, 0.3) is 0 Å². The van der Waals surface area contributed by atoms with Crippen LogP contribution in [0.1, 0.15) is 23.0 Å². The highest BCUT2D eigenvalue weighted by Gasteiger charge is 2.20. The third kappa shape index (κ3) is 4.62. The van der Waals surface area contributed by atoms with Crippen LogP contribution in [0.5, 0.6) is 0 Å². The average Bonchev–Trinajstić information content (AvgIpc) is 3.06. The second-order valence-corrected chi connectivity index (χ2v) is 8.42. The first-order chi connectivity index (χ1) is 12.8. The van der Waals surface area contributed by atoms with E-state index in [4.69, 9.17) is 0 Å². The molecule has 140 valence electrons. The second kappa shape index (κ2) is 7.75. The van der Waals surface area contributed by atoms with Crippen LogP contribution >= 0.6 is 0 Å². The lowest BCUT2D eigenvalue weighted by Crippen LogP contribution is -2.32. The topological polar surface area (TPSA) is 81.1 Å². The predicted molar refractivity (Wildman–Crippen MR) is 103 cm³/mol. The molecule has 2 aromatic carbocycles. The molecule has 0 unspecified atom stereocenters. The van der Waals surface area contributed by atoms with Crippen molar-refractivity contribution < 1.29 is 13.2 Å². The third-order valence-corrected chi connectivity index (χ3v) is 5.40. The lowest BCUT2D eigenvalue weighted by Gasteiger charge is -2.19. The number of benzene rings is 2. The summed E-state index contributed by atoms with van der Waals surface area (Å²) in [5, 5.41) is 3.03. The van der Waals surface area contributed by atoms with Gasteiger partial charge in [0.15, 0.2) is 9.84 Å². The van der Waals surface area contributed by atoms with Gasteiger partial charge in [0, 0.05) is 25.7 Å². The number of aromatic nitrogens is 2. The van der Waals surface area contributed by atoms with Gasteiger partial charge < -0.3 is 9.88 Å². The van der Waals surface area contributed by atoms with Gasteiger partial charge in [0.2, 0.25) is 5.91 Å². The third-order valence-electron chi connectivity index (χ3n) is 4.27. The first-order valence-corrected chi connectivity index (χ1v) is 10.3.